The van der Waals surface area contributed by atoms with Crippen molar-refractivity contribution in [3.05, 3.63) is 47.9 Å². The summed E-state index contributed by atoms with van der Waals surface area (Å²) in [4.78, 5) is 6.71. The number of aromatic nitrogens is 1. The van der Waals surface area contributed by atoms with Gasteiger partial charge in [0.1, 0.15) is 6.26 Å². The molecule has 0 radical (unpaired) electrons. The highest BCUT2D eigenvalue weighted by atomic mass is 16.4. The Balaban J connectivity index is 1.94. The Morgan fingerprint density at radius 3 is 2.67 bits per heavy atom. The lowest BCUT2D eigenvalue weighted by Crippen LogP contribution is -2.23. The van der Waals surface area contributed by atoms with Crippen LogP contribution in [0.15, 0.2) is 41.0 Å². The molecule has 1 N–H and O–H groups in total. The zero-order chi connectivity index (χ0) is 15.1. The molecule has 4 nitrogen and oxygen atoms in total. The minimum absolute atomic E-state index is 0.640. The molecule has 0 aliphatic carbocycles. The van der Waals surface area contributed by atoms with E-state index in [0.29, 0.717) is 11.9 Å². The van der Waals surface area contributed by atoms with Crippen LogP contribution in [-0.2, 0) is 13.1 Å². The molecule has 1 aromatic heterocycles. The smallest absolute Gasteiger partial charge is 0.297 e. The summed E-state index contributed by atoms with van der Waals surface area (Å²) in [5.74, 6) is 0.640. The van der Waals surface area contributed by atoms with Crippen LogP contribution >= 0.6 is 0 Å². The summed E-state index contributed by atoms with van der Waals surface area (Å²) in [6, 6.07) is 11.1. The monoisotopic (exact) mass is 287 g/mol. The largest absolute Gasteiger partial charge is 0.432 e. The predicted molar refractivity (Wildman–Crippen MR) is 86.2 cm³/mol. The maximum absolute atomic E-state index is 5.62. The third kappa shape index (κ3) is 4.90. The summed E-state index contributed by atoms with van der Waals surface area (Å²) in [6.07, 6.45) is 1.75. The van der Waals surface area contributed by atoms with Gasteiger partial charge in [0.25, 0.3) is 6.01 Å². The molecule has 0 amide bonds. The van der Waals surface area contributed by atoms with Crippen LogP contribution in [0, 0.1) is 5.92 Å². The molecule has 0 spiro atoms. The minimum Gasteiger partial charge on any atom is -0.432 e. The van der Waals surface area contributed by atoms with Crippen molar-refractivity contribution in [2.75, 3.05) is 18.0 Å². The Morgan fingerprint density at radius 1 is 1.24 bits per heavy atom. The number of nitrogens with one attached hydrogen (secondary N) is 1. The van der Waals surface area contributed by atoms with Crippen LogP contribution in [0.25, 0.3) is 0 Å². The number of hydrogen-bond acceptors (Lipinski definition) is 4. The molecule has 2 rings (SSSR count). The van der Waals surface area contributed by atoms with Gasteiger partial charge in [-0.2, -0.15) is 4.98 Å². The summed E-state index contributed by atoms with van der Waals surface area (Å²) < 4.78 is 5.62. The molecule has 0 unspecified atom stereocenters. The van der Waals surface area contributed by atoms with Crippen LogP contribution in [0.2, 0.25) is 0 Å². The van der Waals surface area contributed by atoms with E-state index in [1.165, 1.54) is 5.56 Å². The molecule has 21 heavy (non-hydrogen) atoms. The van der Waals surface area contributed by atoms with Gasteiger partial charge >= 0.3 is 0 Å². The topological polar surface area (TPSA) is 41.3 Å². The lowest BCUT2D eigenvalue weighted by molar-refractivity contribution is 0.529. The Labute approximate surface area is 127 Å². The Bertz CT molecular complexity index is 522. The molecule has 0 bridgehead atoms. The van der Waals surface area contributed by atoms with Crippen molar-refractivity contribution in [1.29, 1.82) is 0 Å². The number of benzene rings is 1. The van der Waals surface area contributed by atoms with E-state index < -0.39 is 0 Å². The van der Waals surface area contributed by atoms with Crippen molar-refractivity contribution in [2.24, 2.45) is 5.92 Å². The van der Waals surface area contributed by atoms with Gasteiger partial charge < -0.3 is 14.6 Å². The first-order valence-corrected chi connectivity index (χ1v) is 7.63. The van der Waals surface area contributed by atoms with E-state index in [0.717, 1.165) is 31.9 Å². The van der Waals surface area contributed by atoms with Crippen LogP contribution < -0.4 is 10.2 Å². The fourth-order valence-corrected chi connectivity index (χ4v) is 2.13. The Kier molecular flexibility index (Phi) is 5.81. The lowest BCUT2D eigenvalue weighted by atomic mass is 10.2. The van der Waals surface area contributed by atoms with Crippen molar-refractivity contribution < 1.29 is 4.42 Å². The first-order chi connectivity index (χ1) is 10.2. The summed E-state index contributed by atoms with van der Waals surface area (Å²) in [5, 5.41) is 3.38. The first kappa shape index (κ1) is 15.6. The maximum atomic E-state index is 5.62. The summed E-state index contributed by atoms with van der Waals surface area (Å²) in [5.41, 5.74) is 2.22. The quantitative estimate of drug-likeness (QED) is 0.807. The average Bonchev–Trinajstić information content (AvgIpc) is 2.94. The molecular weight excluding hydrogens is 262 g/mol. The zero-order valence-corrected chi connectivity index (χ0v) is 13.2. The van der Waals surface area contributed by atoms with Gasteiger partial charge in [0.05, 0.1) is 5.69 Å². The van der Waals surface area contributed by atoms with Crippen LogP contribution in [-0.4, -0.2) is 18.1 Å². The van der Waals surface area contributed by atoms with Gasteiger partial charge in [-0.15, -0.1) is 0 Å². The summed E-state index contributed by atoms with van der Waals surface area (Å²) in [7, 11) is 0. The number of anilines is 1. The molecule has 0 fully saturated rings. The fourth-order valence-electron chi connectivity index (χ4n) is 2.13. The SMILES string of the molecule is CCN(Cc1ccccc1)c1nc(CNCC(C)C)co1. The van der Waals surface area contributed by atoms with Crippen molar-refractivity contribution in [3.63, 3.8) is 0 Å². The van der Waals surface area contributed by atoms with Crippen molar-refractivity contribution >= 4 is 6.01 Å². The van der Waals surface area contributed by atoms with Crippen LogP contribution in [0.1, 0.15) is 32.0 Å². The molecule has 114 valence electrons. The highest BCUT2D eigenvalue weighted by Crippen LogP contribution is 2.16. The van der Waals surface area contributed by atoms with E-state index in [1.807, 2.05) is 6.07 Å². The van der Waals surface area contributed by atoms with Gasteiger partial charge in [-0.05, 0) is 24.9 Å². The Morgan fingerprint density at radius 2 is 2.00 bits per heavy atom. The van der Waals surface area contributed by atoms with E-state index in [1.54, 1.807) is 6.26 Å². The minimum atomic E-state index is 0.640. The second-order valence-corrected chi connectivity index (χ2v) is 5.65. The molecule has 0 saturated heterocycles. The molecule has 2 aromatic rings. The fraction of sp³-hybridized carbons (Fsp3) is 0.471. The van der Waals surface area contributed by atoms with Crippen molar-refractivity contribution in [2.45, 2.75) is 33.9 Å². The second-order valence-electron chi connectivity index (χ2n) is 5.65. The third-order valence-electron chi connectivity index (χ3n) is 3.27. The molecule has 0 aliphatic heterocycles. The Hall–Kier alpha value is -1.81. The van der Waals surface area contributed by atoms with Crippen LogP contribution in [0.4, 0.5) is 6.01 Å². The van der Waals surface area contributed by atoms with E-state index >= 15 is 0 Å². The van der Waals surface area contributed by atoms with Crippen LogP contribution in [0.3, 0.4) is 0 Å². The molecule has 4 heteroatoms. The normalized spacial score (nSPS) is 11.0. The van der Waals surface area contributed by atoms with E-state index in [9.17, 15) is 0 Å². The molecule has 0 saturated carbocycles. The van der Waals surface area contributed by atoms with Gasteiger partial charge in [0.15, 0.2) is 0 Å². The molecule has 1 heterocycles. The average molecular weight is 287 g/mol. The number of hydrogen-bond donors (Lipinski definition) is 1. The van der Waals surface area contributed by atoms with Gasteiger partial charge in [-0.1, -0.05) is 44.2 Å². The van der Waals surface area contributed by atoms with Crippen LogP contribution in [0.5, 0.6) is 0 Å². The predicted octanol–water partition coefficient (Wildman–Crippen LogP) is 3.45. The second kappa shape index (κ2) is 7.84. The van der Waals surface area contributed by atoms with E-state index in [-0.39, 0.29) is 0 Å². The van der Waals surface area contributed by atoms with E-state index in [2.05, 4.69) is 60.2 Å². The zero-order valence-electron chi connectivity index (χ0n) is 13.2. The highest BCUT2D eigenvalue weighted by molar-refractivity contribution is 5.30. The standard InChI is InChI=1S/C17H25N3O/c1-4-20(12-15-8-6-5-7-9-15)17-19-16(13-21-17)11-18-10-14(2)3/h5-9,13-14,18H,4,10-12H2,1-3H3. The summed E-state index contributed by atoms with van der Waals surface area (Å²) >= 11 is 0. The maximum Gasteiger partial charge on any atom is 0.297 e. The third-order valence-corrected chi connectivity index (χ3v) is 3.27. The number of rotatable bonds is 8. The highest BCUT2D eigenvalue weighted by Gasteiger charge is 2.12. The molecule has 0 atom stereocenters. The van der Waals surface area contributed by atoms with Gasteiger partial charge in [-0.25, -0.2) is 0 Å². The summed E-state index contributed by atoms with van der Waals surface area (Å²) in [6.45, 7) is 9.93. The lowest BCUT2D eigenvalue weighted by Gasteiger charge is -2.18. The molecule has 1 aromatic carbocycles. The number of nitrogens with zero attached hydrogens (tertiary/aromatic N) is 2. The van der Waals surface area contributed by atoms with Crippen molar-refractivity contribution in [1.82, 2.24) is 10.3 Å². The molecule has 0 aliphatic rings. The molecular formula is C17H25N3O. The first-order valence-electron chi connectivity index (χ1n) is 7.63. The number of oxazole rings is 1. The van der Waals surface area contributed by atoms with Crippen molar-refractivity contribution in [3.8, 4) is 0 Å². The van der Waals surface area contributed by atoms with Gasteiger partial charge in [0.2, 0.25) is 0 Å². The van der Waals surface area contributed by atoms with Gasteiger partial charge in [-0.3, -0.25) is 0 Å². The van der Waals surface area contributed by atoms with Gasteiger partial charge in [0, 0.05) is 19.6 Å². The van der Waals surface area contributed by atoms with E-state index in [4.69, 9.17) is 4.42 Å².